The van der Waals surface area contributed by atoms with Crippen LogP contribution in [0.5, 0.6) is 0 Å². The van der Waals surface area contributed by atoms with Gasteiger partial charge in [0.05, 0.1) is 35.2 Å². The molecule has 7 heteroatoms. The van der Waals surface area contributed by atoms with Crippen LogP contribution in [0.2, 0.25) is 0 Å². The molecule has 0 radical (unpaired) electrons. The Morgan fingerprint density at radius 3 is 2.72 bits per heavy atom. The number of amides is 2. The summed E-state index contributed by atoms with van der Waals surface area (Å²) < 4.78 is 5.08. The summed E-state index contributed by atoms with van der Waals surface area (Å²) in [6.07, 6.45) is 2.46. The maximum absolute atomic E-state index is 13.4. The maximum Gasteiger partial charge on any atom is 0.340 e. The highest BCUT2D eigenvalue weighted by Gasteiger charge is 2.37. The number of anilines is 2. The predicted molar refractivity (Wildman–Crippen MR) is 124 cm³/mol. The van der Waals surface area contributed by atoms with E-state index in [1.807, 2.05) is 26.0 Å². The van der Waals surface area contributed by atoms with E-state index in [4.69, 9.17) is 9.73 Å². The van der Waals surface area contributed by atoms with Crippen molar-refractivity contribution in [2.45, 2.75) is 40.0 Å². The van der Waals surface area contributed by atoms with Gasteiger partial charge < -0.3 is 15.0 Å². The average Bonchev–Trinajstić information content (AvgIpc) is 3.19. The number of carbonyl (C=O) groups excluding carboxylic acids is 3. The summed E-state index contributed by atoms with van der Waals surface area (Å²) in [7, 11) is 0. The van der Waals surface area contributed by atoms with Crippen LogP contribution in [0, 0.1) is 19.8 Å². The number of aliphatic imine (C=N–C) groups is 1. The van der Waals surface area contributed by atoms with Crippen LogP contribution in [0.4, 0.5) is 17.1 Å². The Morgan fingerprint density at radius 2 is 1.94 bits per heavy atom. The number of hydrogen-bond acceptors (Lipinski definition) is 5. The lowest BCUT2D eigenvalue weighted by Gasteiger charge is -2.25. The highest BCUT2D eigenvalue weighted by molar-refractivity contribution is 6.17. The third kappa shape index (κ3) is 4.15. The molecule has 1 fully saturated rings. The number of carbonyl (C=O) groups is 3. The lowest BCUT2D eigenvalue weighted by atomic mass is 10.0. The molecule has 2 aliphatic rings. The van der Waals surface area contributed by atoms with E-state index in [2.05, 4.69) is 5.32 Å². The first-order valence-corrected chi connectivity index (χ1v) is 10.9. The normalized spacial score (nSPS) is 17.2. The number of aryl methyl sites for hydroxylation is 2. The number of ether oxygens (including phenoxy) is 1. The third-order valence-electron chi connectivity index (χ3n) is 6.04. The molecule has 1 saturated carbocycles. The van der Waals surface area contributed by atoms with Crippen molar-refractivity contribution in [3.63, 3.8) is 0 Å². The molecule has 0 bridgehead atoms. The number of fused-ring (bicyclic) bond motifs is 2. The van der Waals surface area contributed by atoms with Crippen LogP contribution < -0.4 is 10.2 Å². The Kier molecular flexibility index (Phi) is 6.08. The van der Waals surface area contributed by atoms with Gasteiger partial charge in [0.1, 0.15) is 6.54 Å². The number of para-hydroxylation sites is 1. The Bertz CT molecular complexity index is 1120. The molecule has 0 spiro atoms. The van der Waals surface area contributed by atoms with Gasteiger partial charge in [0.15, 0.2) is 0 Å². The second-order valence-electron chi connectivity index (χ2n) is 8.21. The second-order valence-corrected chi connectivity index (χ2v) is 8.21. The Hall–Kier alpha value is -3.48. The first-order chi connectivity index (χ1) is 15.4. The molecule has 1 heterocycles. The van der Waals surface area contributed by atoms with Crippen molar-refractivity contribution in [2.24, 2.45) is 10.9 Å². The van der Waals surface area contributed by atoms with Crippen molar-refractivity contribution < 1.29 is 19.1 Å². The van der Waals surface area contributed by atoms with Crippen molar-refractivity contribution in [1.29, 1.82) is 0 Å². The van der Waals surface area contributed by atoms with Gasteiger partial charge in [-0.15, -0.1) is 0 Å². The van der Waals surface area contributed by atoms with Gasteiger partial charge in [-0.05, 0) is 75.4 Å². The lowest BCUT2D eigenvalue weighted by Crippen LogP contribution is -2.42. The van der Waals surface area contributed by atoms with E-state index in [-0.39, 0.29) is 36.4 Å². The predicted octanol–water partition coefficient (Wildman–Crippen LogP) is 4.34. The number of nitrogens with zero attached hydrogens (tertiary/aromatic N) is 2. The monoisotopic (exact) mass is 433 g/mol. The summed E-state index contributed by atoms with van der Waals surface area (Å²) in [4.78, 5) is 45.0. The fourth-order valence-electron chi connectivity index (χ4n) is 4.26. The number of benzene rings is 2. The lowest BCUT2D eigenvalue weighted by molar-refractivity contribution is -0.123. The van der Waals surface area contributed by atoms with Crippen LogP contribution in [-0.2, 0) is 14.3 Å². The molecule has 1 aliphatic carbocycles. The molecule has 0 saturated heterocycles. The van der Waals surface area contributed by atoms with Crippen LogP contribution in [0.25, 0.3) is 0 Å². The molecule has 32 heavy (non-hydrogen) atoms. The molecule has 0 aromatic heterocycles. The third-order valence-corrected chi connectivity index (χ3v) is 6.04. The maximum atomic E-state index is 13.4. The Balaban J connectivity index is 1.63. The smallest absolute Gasteiger partial charge is 0.340 e. The highest BCUT2D eigenvalue weighted by Crippen LogP contribution is 2.39. The second kappa shape index (κ2) is 8.94. The van der Waals surface area contributed by atoms with Gasteiger partial charge in [-0.3, -0.25) is 14.6 Å². The molecule has 166 valence electrons. The minimum atomic E-state index is -0.505. The number of rotatable bonds is 5. The van der Waals surface area contributed by atoms with Gasteiger partial charge >= 0.3 is 5.97 Å². The summed E-state index contributed by atoms with van der Waals surface area (Å²) >= 11 is 0. The molecule has 4 rings (SSSR count). The minimum absolute atomic E-state index is 0.0999. The summed E-state index contributed by atoms with van der Waals surface area (Å²) in [6.45, 7) is 5.79. The van der Waals surface area contributed by atoms with Crippen LogP contribution >= 0.6 is 0 Å². The topological polar surface area (TPSA) is 88.1 Å². The highest BCUT2D eigenvalue weighted by atomic mass is 16.5. The van der Waals surface area contributed by atoms with Gasteiger partial charge in [0.25, 0.3) is 0 Å². The van der Waals surface area contributed by atoms with Gasteiger partial charge in [0.2, 0.25) is 11.8 Å². The summed E-state index contributed by atoms with van der Waals surface area (Å²) in [5.74, 6) is -1.28. The summed E-state index contributed by atoms with van der Waals surface area (Å²) in [5, 5.41) is 2.78. The molecular weight excluding hydrogens is 406 g/mol. The van der Waals surface area contributed by atoms with Gasteiger partial charge in [-0.1, -0.05) is 12.1 Å². The zero-order valence-electron chi connectivity index (χ0n) is 18.6. The quantitative estimate of drug-likeness (QED) is 0.711. The van der Waals surface area contributed by atoms with Gasteiger partial charge in [0, 0.05) is 5.71 Å². The summed E-state index contributed by atoms with van der Waals surface area (Å²) in [5.41, 5.74) is 5.02. The van der Waals surface area contributed by atoms with E-state index in [0.717, 1.165) is 41.8 Å². The van der Waals surface area contributed by atoms with Gasteiger partial charge in [-0.25, -0.2) is 4.79 Å². The largest absolute Gasteiger partial charge is 0.462 e. The minimum Gasteiger partial charge on any atom is -0.462 e. The van der Waals surface area contributed by atoms with E-state index in [0.29, 0.717) is 11.4 Å². The Morgan fingerprint density at radius 1 is 1.19 bits per heavy atom. The number of hydrogen-bond donors (Lipinski definition) is 1. The molecular formula is C25H27N3O4. The van der Waals surface area contributed by atoms with Crippen molar-refractivity contribution >= 4 is 40.6 Å². The fraction of sp³-hybridized carbons (Fsp3) is 0.360. The molecule has 1 atom stereocenters. The van der Waals surface area contributed by atoms with Crippen molar-refractivity contribution in [3.05, 3.63) is 53.1 Å². The van der Waals surface area contributed by atoms with Crippen LogP contribution in [0.15, 0.2) is 41.4 Å². The number of nitrogens with one attached hydrogen (secondary N) is 1. The molecule has 2 aromatic carbocycles. The van der Waals surface area contributed by atoms with E-state index in [1.54, 1.807) is 31.2 Å². The molecule has 1 aliphatic heterocycles. The zero-order valence-corrected chi connectivity index (χ0v) is 18.6. The molecule has 1 N–H and O–H groups in total. The van der Waals surface area contributed by atoms with Crippen molar-refractivity contribution in [2.75, 3.05) is 23.4 Å². The van der Waals surface area contributed by atoms with E-state index >= 15 is 0 Å². The Labute approximate surface area is 187 Å². The fourth-order valence-corrected chi connectivity index (χ4v) is 4.26. The summed E-state index contributed by atoms with van der Waals surface area (Å²) in [6, 6.07) is 10.6. The standard InChI is InChI=1S/C25H27N3O4/c1-4-32-25(31)18-8-5-6-10-20(18)27-23(29)14-28-22-13-16(3)15(2)12-21(22)26-19-11-7-9-17(19)24(28)30/h5-6,8,10,12-13,17H,4,7,9,11,14H2,1-3H3,(H,27,29)/t17-/m1/s1. The van der Waals surface area contributed by atoms with E-state index in [1.165, 1.54) is 4.90 Å². The van der Waals surface area contributed by atoms with Crippen LogP contribution in [-0.4, -0.2) is 36.6 Å². The SMILES string of the molecule is CCOC(=O)c1ccccc1NC(=O)CN1C(=O)[C@@H]2CCCC2=Nc2cc(C)c(C)cc21. The van der Waals surface area contributed by atoms with E-state index < -0.39 is 5.97 Å². The first-order valence-electron chi connectivity index (χ1n) is 10.9. The molecule has 2 aromatic rings. The average molecular weight is 434 g/mol. The molecule has 2 amide bonds. The molecule has 7 nitrogen and oxygen atoms in total. The van der Waals surface area contributed by atoms with Crippen molar-refractivity contribution in [3.8, 4) is 0 Å². The number of esters is 1. The zero-order chi connectivity index (χ0) is 22.8. The molecule has 0 unspecified atom stereocenters. The van der Waals surface area contributed by atoms with Crippen molar-refractivity contribution in [1.82, 2.24) is 0 Å². The van der Waals surface area contributed by atoms with Crippen LogP contribution in [0.1, 0.15) is 47.7 Å². The first kappa shape index (κ1) is 21.7. The van der Waals surface area contributed by atoms with Gasteiger partial charge in [-0.2, -0.15) is 0 Å². The van der Waals surface area contributed by atoms with E-state index in [9.17, 15) is 14.4 Å². The van der Waals surface area contributed by atoms with Crippen LogP contribution in [0.3, 0.4) is 0 Å².